The van der Waals surface area contributed by atoms with Gasteiger partial charge in [0.15, 0.2) is 5.96 Å². The second kappa shape index (κ2) is 10.4. The van der Waals surface area contributed by atoms with Gasteiger partial charge in [-0.05, 0) is 19.1 Å². The van der Waals surface area contributed by atoms with E-state index in [0.717, 1.165) is 31.3 Å². The summed E-state index contributed by atoms with van der Waals surface area (Å²) in [5, 5.41) is 10.6. The van der Waals surface area contributed by atoms with Crippen LogP contribution in [-0.4, -0.2) is 75.8 Å². The highest BCUT2D eigenvalue weighted by atomic mass is 16.2. The van der Waals surface area contributed by atoms with Crippen LogP contribution in [0.15, 0.2) is 35.7 Å². The summed E-state index contributed by atoms with van der Waals surface area (Å²) in [6.45, 7) is 6.71. The van der Waals surface area contributed by atoms with Gasteiger partial charge < -0.3 is 20.4 Å². The molecule has 0 aromatic carbocycles. The van der Waals surface area contributed by atoms with E-state index in [2.05, 4.69) is 35.6 Å². The van der Waals surface area contributed by atoms with Gasteiger partial charge in [-0.15, -0.1) is 0 Å². The number of hydrogen-bond donors (Lipinski definition) is 2. The molecule has 1 aliphatic rings. The molecule has 1 saturated heterocycles. The van der Waals surface area contributed by atoms with Crippen LogP contribution in [0.25, 0.3) is 0 Å². The van der Waals surface area contributed by atoms with Crippen LogP contribution in [0.5, 0.6) is 0 Å². The van der Waals surface area contributed by atoms with Crippen LogP contribution in [0, 0.1) is 0 Å². The number of carbonyl (C=O) groups excluding carboxylic acids is 1. The van der Waals surface area contributed by atoms with E-state index < -0.39 is 0 Å². The molecular formula is C19H29N9O. The zero-order valence-corrected chi connectivity index (χ0v) is 17.1. The van der Waals surface area contributed by atoms with Gasteiger partial charge in [0.2, 0.25) is 11.9 Å². The van der Waals surface area contributed by atoms with E-state index in [9.17, 15) is 4.79 Å². The number of piperazine rings is 1. The van der Waals surface area contributed by atoms with Gasteiger partial charge in [-0.3, -0.25) is 9.48 Å². The minimum absolute atomic E-state index is 0.147. The monoisotopic (exact) mass is 399 g/mol. The van der Waals surface area contributed by atoms with E-state index in [1.807, 2.05) is 24.9 Å². The van der Waals surface area contributed by atoms with Crippen LogP contribution in [0.4, 0.5) is 5.95 Å². The molecule has 2 aromatic rings. The smallest absolute Gasteiger partial charge is 0.225 e. The Morgan fingerprint density at radius 3 is 2.55 bits per heavy atom. The normalized spacial score (nSPS) is 14.8. The van der Waals surface area contributed by atoms with Gasteiger partial charge in [0.1, 0.15) is 0 Å². The summed E-state index contributed by atoms with van der Waals surface area (Å²) in [7, 11) is 1.90. The largest absolute Gasteiger partial charge is 0.357 e. The number of carbonyl (C=O) groups is 1. The van der Waals surface area contributed by atoms with E-state index in [1.165, 1.54) is 0 Å². The number of nitrogens with zero attached hydrogens (tertiary/aromatic N) is 7. The number of amides is 1. The van der Waals surface area contributed by atoms with Gasteiger partial charge >= 0.3 is 0 Å². The van der Waals surface area contributed by atoms with Crippen molar-refractivity contribution < 1.29 is 4.79 Å². The molecular weight excluding hydrogens is 370 g/mol. The molecule has 10 nitrogen and oxygen atoms in total. The number of rotatable bonds is 7. The Morgan fingerprint density at radius 1 is 1.14 bits per heavy atom. The minimum Gasteiger partial charge on any atom is -0.357 e. The van der Waals surface area contributed by atoms with Crippen molar-refractivity contribution >= 4 is 17.8 Å². The van der Waals surface area contributed by atoms with Crippen molar-refractivity contribution in [1.82, 2.24) is 35.3 Å². The highest BCUT2D eigenvalue weighted by molar-refractivity contribution is 5.81. The number of hydrogen-bond acceptors (Lipinski definition) is 6. The first-order chi connectivity index (χ1) is 14.2. The van der Waals surface area contributed by atoms with E-state index in [1.54, 1.807) is 29.3 Å². The van der Waals surface area contributed by atoms with Crippen LogP contribution >= 0.6 is 0 Å². The van der Waals surface area contributed by atoms with Crippen molar-refractivity contribution in [2.24, 2.45) is 12.0 Å². The molecule has 0 atom stereocenters. The molecule has 0 radical (unpaired) electrons. The summed E-state index contributed by atoms with van der Waals surface area (Å²) < 4.78 is 1.80. The van der Waals surface area contributed by atoms with Gasteiger partial charge in [-0.25, -0.2) is 15.0 Å². The SMILES string of the molecule is CCNC(=NCc1ccnn1C)NCCC(=O)N1CCN(c2ncccn2)CC1. The minimum atomic E-state index is 0.147. The van der Waals surface area contributed by atoms with Gasteiger partial charge in [0, 0.05) is 71.3 Å². The molecule has 0 unspecified atom stereocenters. The summed E-state index contributed by atoms with van der Waals surface area (Å²) in [5.41, 5.74) is 1.03. The quantitative estimate of drug-likeness (QED) is 0.499. The zero-order valence-electron chi connectivity index (χ0n) is 17.1. The molecule has 156 valence electrons. The molecule has 0 spiro atoms. The first-order valence-electron chi connectivity index (χ1n) is 9.96. The maximum absolute atomic E-state index is 12.5. The van der Waals surface area contributed by atoms with Crippen molar-refractivity contribution in [3.8, 4) is 0 Å². The number of anilines is 1. The molecule has 10 heteroatoms. The van der Waals surface area contributed by atoms with Crippen molar-refractivity contribution in [2.75, 3.05) is 44.2 Å². The highest BCUT2D eigenvalue weighted by Crippen LogP contribution is 2.10. The summed E-state index contributed by atoms with van der Waals surface area (Å²) in [6, 6.07) is 3.74. The number of nitrogens with one attached hydrogen (secondary N) is 2. The molecule has 2 aromatic heterocycles. The van der Waals surface area contributed by atoms with Crippen LogP contribution in [0.1, 0.15) is 19.0 Å². The Labute approximate surface area is 171 Å². The third-order valence-corrected chi connectivity index (χ3v) is 4.76. The summed E-state index contributed by atoms with van der Waals surface area (Å²) in [6.07, 6.45) is 5.66. The molecule has 0 aliphatic carbocycles. The second-order valence-corrected chi connectivity index (χ2v) is 6.73. The van der Waals surface area contributed by atoms with Crippen molar-refractivity contribution in [1.29, 1.82) is 0 Å². The molecule has 1 fully saturated rings. The Balaban J connectivity index is 1.42. The van der Waals surface area contributed by atoms with E-state index >= 15 is 0 Å². The topological polar surface area (TPSA) is 104 Å². The van der Waals surface area contributed by atoms with Crippen molar-refractivity contribution in [3.05, 3.63) is 36.4 Å². The van der Waals surface area contributed by atoms with Crippen LogP contribution < -0.4 is 15.5 Å². The molecule has 29 heavy (non-hydrogen) atoms. The molecule has 0 saturated carbocycles. The average molecular weight is 400 g/mol. The van der Waals surface area contributed by atoms with Gasteiger partial charge in [-0.2, -0.15) is 5.10 Å². The van der Waals surface area contributed by atoms with E-state index in [-0.39, 0.29) is 5.91 Å². The fourth-order valence-electron chi connectivity index (χ4n) is 3.11. The van der Waals surface area contributed by atoms with E-state index in [4.69, 9.17) is 0 Å². The van der Waals surface area contributed by atoms with Gasteiger partial charge in [0.05, 0.1) is 12.2 Å². The lowest BCUT2D eigenvalue weighted by Gasteiger charge is -2.34. The maximum atomic E-state index is 12.5. The highest BCUT2D eigenvalue weighted by Gasteiger charge is 2.22. The molecule has 3 rings (SSSR count). The predicted molar refractivity (Wildman–Crippen MR) is 111 cm³/mol. The molecule has 0 bridgehead atoms. The average Bonchev–Trinajstić information content (AvgIpc) is 3.17. The maximum Gasteiger partial charge on any atom is 0.225 e. The molecule has 3 heterocycles. The Bertz CT molecular complexity index is 797. The lowest BCUT2D eigenvalue weighted by Crippen LogP contribution is -2.50. The first-order valence-corrected chi connectivity index (χ1v) is 9.96. The van der Waals surface area contributed by atoms with Gasteiger partial charge in [-0.1, -0.05) is 0 Å². The molecule has 1 amide bonds. The molecule has 2 N–H and O–H groups in total. The fraction of sp³-hybridized carbons (Fsp3) is 0.526. The van der Waals surface area contributed by atoms with E-state index in [0.29, 0.717) is 38.6 Å². The third-order valence-electron chi connectivity index (χ3n) is 4.76. The summed E-state index contributed by atoms with van der Waals surface area (Å²) >= 11 is 0. The zero-order chi connectivity index (χ0) is 20.5. The number of guanidine groups is 1. The summed E-state index contributed by atoms with van der Waals surface area (Å²) in [5.74, 6) is 1.57. The van der Waals surface area contributed by atoms with Crippen molar-refractivity contribution in [2.45, 2.75) is 19.9 Å². The standard InChI is InChI=1S/C19H29N9O/c1-3-20-18(24-15-16-5-10-25-26(16)2)21-9-6-17(29)27-11-13-28(14-12-27)19-22-7-4-8-23-19/h4-5,7-8,10H,3,6,9,11-15H2,1-2H3,(H2,20,21,24). The lowest BCUT2D eigenvalue weighted by atomic mass is 10.3. The Kier molecular flexibility index (Phi) is 7.37. The second-order valence-electron chi connectivity index (χ2n) is 6.73. The number of aromatic nitrogens is 4. The van der Waals surface area contributed by atoms with Crippen LogP contribution in [-0.2, 0) is 18.4 Å². The third kappa shape index (κ3) is 5.90. The summed E-state index contributed by atoms with van der Waals surface area (Å²) in [4.78, 5) is 29.7. The fourth-order valence-corrected chi connectivity index (χ4v) is 3.11. The number of aliphatic imine (C=N–C) groups is 1. The molecule has 1 aliphatic heterocycles. The Hall–Kier alpha value is -3.17. The lowest BCUT2D eigenvalue weighted by molar-refractivity contribution is -0.131. The van der Waals surface area contributed by atoms with Crippen LogP contribution in [0.3, 0.4) is 0 Å². The van der Waals surface area contributed by atoms with Gasteiger partial charge in [0.25, 0.3) is 0 Å². The Morgan fingerprint density at radius 2 is 1.90 bits per heavy atom. The number of aryl methyl sites for hydroxylation is 1. The van der Waals surface area contributed by atoms with Crippen molar-refractivity contribution in [3.63, 3.8) is 0 Å². The predicted octanol–water partition coefficient (Wildman–Crippen LogP) is 0.00410. The van der Waals surface area contributed by atoms with Crippen LogP contribution in [0.2, 0.25) is 0 Å². The first kappa shape index (κ1) is 20.6.